The zero-order chi connectivity index (χ0) is 16.4. The topological polar surface area (TPSA) is 80.1 Å². The third-order valence-corrected chi connectivity index (χ3v) is 4.33. The summed E-state index contributed by atoms with van der Waals surface area (Å²) in [5, 5.41) is 8.47. The molecule has 1 atom stereocenters. The maximum Gasteiger partial charge on any atom is 0.251 e. The van der Waals surface area contributed by atoms with Gasteiger partial charge in [0.1, 0.15) is 11.6 Å². The number of hydrogen-bond donors (Lipinski definition) is 1. The number of para-hydroxylation sites is 1. The lowest BCUT2D eigenvalue weighted by atomic mass is 10.1. The average Bonchev–Trinajstić information content (AvgIpc) is 3.36. The van der Waals surface area contributed by atoms with E-state index < -0.39 is 0 Å². The molecule has 0 spiro atoms. The summed E-state index contributed by atoms with van der Waals surface area (Å²) < 4.78 is 11.3. The van der Waals surface area contributed by atoms with Crippen LogP contribution in [0.5, 0.6) is 5.75 Å². The van der Waals surface area contributed by atoms with Crippen molar-refractivity contribution < 1.29 is 9.15 Å². The molecular formula is C17H19N5O2. The van der Waals surface area contributed by atoms with Crippen LogP contribution in [0.2, 0.25) is 0 Å². The van der Waals surface area contributed by atoms with Gasteiger partial charge < -0.3 is 14.1 Å². The Hall–Kier alpha value is -2.67. The number of aromatic amines is 1. The molecule has 4 rings (SSSR count). The van der Waals surface area contributed by atoms with Gasteiger partial charge in [0.05, 0.1) is 25.1 Å². The largest absolute Gasteiger partial charge is 0.496 e. The van der Waals surface area contributed by atoms with E-state index in [1.54, 1.807) is 13.3 Å². The minimum atomic E-state index is 0.260. The van der Waals surface area contributed by atoms with Gasteiger partial charge >= 0.3 is 0 Å². The van der Waals surface area contributed by atoms with Crippen LogP contribution in [-0.4, -0.2) is 45.3 Å². The van der Waals surface area contributed by atoms with Crippen LogP contribution in [0.25, 0.3) is 11.5 Å². The van der Waals surface area contributed by atoms with Gasteiger partial charge in [-0.1, -0.05) is 12.1 Å². The SMILES string of the molecule is COc1ccccc1-c1nnc([C@H]2CCN(Cc3ncc[nH]3)C2)o1. The Morgan fingerprint density at radius 1 is 1.33 bits per heavy atom. The van der Waals surface area contributed by atoms with Crippen molar-refractivity contribution in [3.8, 4) is 17.2 Å². The van der Waals surface area contributed by atoms with Crippen LogP contribution in [0.3, 0.4) is 0 Å². The first kappa shape index (κ1) is 14.9. The van der Waals surface area contributed by atoms with E-state index in [0.717, 1.165) is 43.2 Å². The third-order valence-electron chi connectivity index (χ3n) is 4.33. The quantitative estimate of drug-likeness (QED) is 0.776. The lowest BCUT2D eigenvalue weighted by molar-refractivity contribution is 0.313. The van der Waals surface area contributed by atoms with Crippen LogP contribution in [0.1, 0.15) is 24.1 Å². The summed E-state index contributed by atoms with van der Waals surface area (Å²) in [6, 6.07) is 7.67. The van der Waals surface area contributed by atoms with Gasteiger partial charge in [0.25, 0.3) is 5.89 Å². The number of nitrogens with zero attached hydrogens (tertiary/aromatic N) is 4. The van der Waals surface area contributed by atoms with Gasteiger partial charge in [-0.15, -0.1) is 10.2 Å². The van der Waals surface area contributed by atoms with Crippen molar-refractivity contribution in [2.75, 3.05) is 20.2 Å². The fourth-order valence-corrected chi connectivity index (χ4v) is 3.10. The fourth-order valence-electron chi connectivity index (χ4n) is 3.10. The summed E-state index contributed by atoms with van der Waals surface area (Å²) in [4.78, 5) is 9.76. The Bertz CT molecular complexity index is 799. The minimum Gasteiger partial charge on any atom is -0.496 e. The van der Waals surface area contributed by atoms with E-state index in [4.69, 9.17) is 9.15 Å². The molecule has 1 aliphatic rings. The van der Waals surface area contributed by atoms with Gasteiger partial charge in [0.15, 0.2) is 0 Å². The Morgan fingerprint density at radius 3 is 3.08 bits per heavy atom. The third kappa shape index (κ3) is 2.90. The van der Waals surface area contributed by atoms with Gasteiger partial charge in [-0.05, 0) is 25.1 Å². The van der Waals surface area contributed by atoms with Crippen LogP contribution >= 0.6 is 0 Å². The first-order valence-electron chi connectivity index (χ1n) is 8.01. The lowest BCUT2D eigenvalue weighted by Crippen LogP contribution is -2.20. The Balaban J connectivity index is 1.47. The second-order valence-electron chi connectivity index (χ2n) is 5.90. The first-order valence-corrected chi connectivity index (χ1v) is 8.01. The van der Waals surface area contributed by atoms with Crippen molar-refractivity contribution in [3.63, 3.8) is 0 Å². The van der Waals surface area contributed by atoms with Gasteiger partial charge in [0, 0.05) is 18.9 Å². The van der Waals surface area contributed by atoms with Crippen LogP contribution in [0, 0.1) is 0 Å². The number of methoxy groups -OCH3 is 1. The molecule has 2 aromatic heterocycles. The number of benzene rings is 1. The number of aromatic nitrogens is 4. The molecule has 0 radical (unpaired) electrons. The van der Waals surface area contributed by atoms with Gasteiger partial charge in [-0.3, -0.25) is 4.90 Å². The molecule has 1 fully saturated rings. The Morgan fingerprint density at radius 2 is 2.25 bits per heavy atom. The molecule has 0 amide bonds. The van der Waals surface area contributed by atoms with E-state index in [1.165, 1.54) is 0 Å². The van der Waals surface area contributed by atoms with Gasteiger partial charge in [-0.25, -0.2) is 4.98 Å². The predicted octanol–water partition coefficient (Wildman–Crippen LogP) is 2.46. The van der Waals surface area contributed by atoms with Crippen molar-refractivity contribution in [1.29, 1.82) is 0 Å². The molecule has 0 saturated carbocycles. The van der Waals surface area contributed by atoms with E-state index in [1.807, 2.05) is 30.5 Å². The number of ether oxygens (including phenoxy) is 1. The summed E-state index contributed by atoms with van der Waals surface area (Å²) in [6.45, 7) is 2.71. The zero-order valence-electron chi connectivity index (χ0n) is 13.5. The van der Waals surface area contributed by atoms with Crippen LogP contribution in [0.15, 0.2) is 41.1 Å². The molecule has 3 heterocycles. The Labute approximate surface area is 139 Å². The average molecular weight is 325 g/mol. The summed E-state index contributed by atoms with van der Waals surface area (Å²) >= 11 is 0. The fraction of sp³-hybridized carbons (Fsp3) is 0.353. The van der Waals surface area contributed by atoms with Crippen LogP contribution in [-0.2, 0) is 6.54 Å². The molecule has 7 heteroatoms. The van der Waals surface area contributed by atoms with E-state index in [9.17, 15) is 0 Å². The Kier molecular flexibility index (Phi) is 4.00. The van der Waals surface area contributed by atoms with E-state index in [-0.39, 0.29) is 5.92 Å². The minimum absolute atomic E-state index is 0.260. The maximum absolute atomic E-state index is 5.93. The summed E-state index contributed by atoms with van der Waals surface area (Å²) in [5.41, 5.74) is 0.823. The monoisotopic (exact) mass is 325 g/mol. The van der Waals surface area contributed by atoms with Crippen LogP contribution in [0.4, 0.5) is 0 Å². The van der Waals surface area contributed by atoms with Crippen LogP contribution < -0.4 is 4.74 Å². The standard InChI is InChI=1S/C17H19N5O2/c1-23-14-5-3-2-4-13(14)17-21-20-16(24-17)12-6-9-22(10-12)11-15-18-7-8-19-15/h2-5,7-8,12H,6,9-11H2,1H3,(H,18,19)/t12-/m0/s1. The predicted molar refractivity (Wildman–Crippen MR) is 87.5 cm³/mol. The molecule has 0 aliphatic carbocycles. The highest BCUT2D eigenvalue weighted by molar-refractivity contribution is 5.62. The van der Waals surface area contributed by atoms with E-state index in [2.05, 4.69) is 25.1 Å². The second-order valence-corrected chi connectivity index (χ2v) is 5.90. The summed E-state index contributed by atoms with van der Waals surface area (Å²) in [7, 11) is 1.64. The number of H-pyrrole nitrogens is 1. The number of rotatable bonds is 5. The molecule has 1 aromatic carbocycles. The van der Waals surface area contributed by atoms with Gasteiger partial charge in [0.2, 0.25) is 5.89 Å². The normalized spacial score (nSPS) is 18.1. The molecule has 1 N–H and O–H groups in total. The molecule has 3 aromatic rings. The molecular weight excluding hydrogens is 306 g/mol. The van der Waals surface area contributed by atoms with Crippen molar-refractivity contribution in [2.45, 2.75) is 18.9 Å². The second kappa shape index (κ2) is 6.45. The van der Waals surface area contributed by atoms with Crippen molar-refractivity contribution >= 4 is 0 Å². The van der Waals surface area contributed by atoms with Crippen molar-refractivity contribution in [1.82, 2.24) is 25.1 Å². The molecule has 24 heavy (non-hydrogen) atoms. The number of hydrogen-bond acceptors (Lipinski definition) is 6. The summed E-state index contributed by atoms with van der Waals surface area (Å²) in [5.74, 6) is 3.18. The highest BCUT2D eigenvalue weighted by Gasteiger charge is 2.29. The van der Waals surface area contributed by atoms with E-state index >= 15 is 0 Å². The van der Waals surface area contributed by atoms with Crippen molar-refractivity contribution in [3.05, 3.63) is 48.4 Å². The number of likely N-dealkylation sites (tertiary alicyclic amines) is 1. The zero-order valence-corrected chi connectivity index (χ0v) is 13.5. The highest BCUT2D eigenvalue weighted by Crippen LogP contribution is 2.32. The molecule has 1 aliphatic heterocycles. The molecule has 0 bridgehead atoms. The molecule has 7 nitrogen and oxygen atoms in total. The first-order chi connectivity index (χ1) is 11.8. The number of nitrogens with one attached hydrogen (secondary N) is 1. The number of imidazole rings is 1. The van der Waals surface area contributed by atoms with Crippen molar-refractivity contribution in [2.24, 2.45) is 0 Å². The summed E-state index contributed by atoms with van der Waals surface area (Å²) in [6.07, 6.45) is 4.63. The van der Waals surface area contributed by atoms with E-state index in [0.29, 0.717) is 11.8 Å². The highest BCUT2D eigenvalue weighted by atomic mass is 16.5. The molecule has 124 valence electrons. The molecule has 0 unspecified atom stereocenters. The van der Waals surface area contributed by atoms with Gasteiger partial charge in [-0.2, -0.15) is 0 Å². The smallest absolute Gasteiger partial charge is 0.251 e. The maximum atomic E-state index is 5.93. The molecule has 1 saturated heterocycles. The lowest BCUT2D eigenvalue weighted by Gasteiger charge is -2.12.